The molecule has 0 spiro atoms. The van der Waals surface area contributed by atoms with Crippen LogP contribution in [-0.2, 0) is 14.3 Å². The van der Waals surface area contributed by atoms with Crippen molar-refractivity contribution in [3.05, 3.63) is 65.4 Å². The van der Waals surface area contributed by atoms with Gasteiger partial charge in [-0.1, -0.05) is 77.9 Å². The highest BCUT2D eigenvalue weighted by Gasteiger charge is 2.37. The highest BCUT2D eigenvalue weighted by molar-refractivity contribution is 6.13. The van der Waals surface area contributed by atoms with Gasteiger partial charge in [0.2, 0.25) is 11.8 Å². The summed E-state index contributed by atoms with van der Waals surface area (Å²) in [4.78, 5) is 34.6. The minimum Gasteiger partial charge on any atom is -0.408 e. The van der Waals surface area contributed by atoms with Crippen LogP contribution >= 0.6 is 0 Å². The molecule has 0 aliphatic carbocycles. The maximum Gasteiger partial charge on any atom is 0.318 e. The van der Waals surface area contributed by atoms with Crippen LogP contribution in [0.4, 0.5) is 0 Å². The van der Waals surface area contributed by atoms with Crippen molar-refractivity contribution in [2.24, 2.45) is 15.8 Å². The van der Waals surface area contributed by atoms with Crippen LogP contribution in [-0.4, -0.2) is 22.8 Å². The van der Waals surface area contributed by atoms with E-state index in [4.69, 9.17) is 14.5 Å². The molecule has 1 N–H and O–H groups in total. The molecular formula is C33H40N2O4. The molecule has 2 heterocycles. The first kappa shape index (κ1) is 28.3. The minimum atomic E-state index is -0.525. The lowest BCUT2D eigenvalue weighted by molar-refractivity contribution is -0.148. The van der Waals surface area contributed by atoms with Gasteiger partial charge in [-0.15, -0.1) is 0 Å². The number of carbonyl (C=O) groups excluding carboxylic acids is 2. The van der Waals surface area contributed by atoms with Crippen LogP contribution in [0.15, 0.2) is 53.5 Å². The molecule has 6 nitrogen and oxygen atoms in total. The summed E-state index contributed by atoms with van der Waals surface area (Å²) in [6.07, 6.45) is 6.22. The van der Waals surface area contributed by atoms with Crippen LogP contribution in [0.25, 0.3) is 22.5 Å². The van der Waals surface area contributed by atoms with E-state index in [1.807, 2.05) is 96.1 Å². The van der Waals surface area contributed by atoms with Gasteiger partial charge < -0.3 is 14.5 Å². The third-order valence-electron chi connectivity index (χ3n) is 8.96. The third-order valence-corrected chi connectivity index (χ3v) is 8.96. The second-order valence-electron chi connectivity index (χ2n) is 10.4. The topological polar surface area (TPSA) is 80.8 Å². The highest BCUT2D eigenvalue weighted by Crippen LogP contribution is 2.38. The fourth-order valence-corrected chi connectivity index (χ4v) is 5.58. The molecule has 4 rings (SSSR count). The van der Waals surface area contributed by atoms with Crippen molar-refractivity contribution >= 4 is 40.4 Å². The Morgan fingerprint density at radius 2 is 1.21 bits per heavy atom. The fraction of sp³-hybridized carbons (Fsp3) is 0.424. The van der Waals surface area contributed by atoms with Crippen LogP contribution in [0.2, 0.25) is 0 Å². The predicted octanol–water partition coefficient (Wildman–Crippen LogP) is 8.31. The number of nitrogens with one attached hydrogen (secondary N) is 1. The number of ether oxygens (including phenoxy) is 2. The van der Waals surface area contributed by atoms with Crippen molar-refractivity contribution in [3.8, 4) is 5.88 Å². The number of esters is 2. The molecule has 1 aliphatic rings. The molecule has 0 bridgehead atoms. The summed E-state index contributed by atoms with van der Waals surface area (Å²) in [6, 6.07) is 15.6. The highest BCUT2D eigenvalue weighted by atomic mass is 16.5. The van der Waals surface area contributed by atoms with E-state index in [0.717, 1.165) is 46.9 Å². The Kier molecular flexibility index (Phi) is 8.43. The number of nitrogens with zero attached hydrogens (tertiary/aromatic N) is 1. The van der Waals surface area contributed by atoms with Crippen molar-refractivity contribution in [3.63, 3.8) is 0 Å². The number of carbonyl (C=O) groups is 2. The first-order valence-corrected chi connectivity index (χ1v) is 14.3. The Labute approximate surface area is 231 Å². The number of aliphatic imine (C=N–C) groups is 1. The van der Waals surface area contributed by atoms with Gasteiger partial charge in [0.1, 0.15) is 0 Å². The minimum absolute atomic E-state index is 0.217. The van der Waals surface area contributed by atoms with Gasteiger partial charge in [0.15, 0.2) is 0 Å². The van der Waals surface area contributed by atoms with Crippen molar-refractivity contribution in [1.82, 2.24) is 4.98 Å². The number of hydrogen-bond acceptors (Lipinski definition) is 5. The molecule has 0 amide bonds. The lowest BCUT2D eigenvalue weighted by Crippen LogP contribution is -2.33. The zero-order chi connectivity index (χ0) is 28.2. The van der Waals surface area contributed by atoms with Crippen LogP contribution in [0, 0.1) is 10.8 Å². The third kappa shape index (κ3) is 5.05. The van der Waals surface area contributed by atoms with Crippen LogP contribution in [0.5, 0.6) is 5.88 Å². The predicted molar refractivity (Wildman–Crippen MR) is 157 cm³/mol. The van der Waals surface area contributed by atoms with Gasteiger partial charge >= 0.3 is 11.9 Å². The molecule has 39 heavy (non-hydrogen) atoms. The van der Waals surface area contributed by atoms with Gasteiger partial charge in [0, 0.05) is 21.9 Å². The summed E-state index contributed by atoms with van der Waals surface area (Å²) >= 11 is 0. The maximum absolute atomic E-state index is 13.3. The number of benzene rings is 2. The number of H-pyrrole nitrogens is 1. The molecule has 0 saturated heterocycles. The van der Waals surface area contributed by atoms with Crippen LogP contribution in [0.3, 0.4) is 0 Å². The number of fused-ring (bicyclic) bond motifs is 2. The maximum atomic E-state index is 13.3. The Bertz CT molecular complexity index is 1400. The SMILES string of the molecule is CCC(CC)(CC)C(=O)OC1=NC(=Cc2[nH]c(OC(=O)C(CC)(CC)CC)c3ccccc23)c2ccccc21. The summed E-state index contributed by atoms with van der Waals surface area (Å²) in [5.74, 6) is 0.298. The molecule has 0 unspecified atom stereocenters. The first-order chi connectivity index (χ1) is 18.8. The van der Waals surface area contributed by atoms with Gasteiger partial charge in [0.05, 0.1) is 22.2 Å². The average Bonchev–Trinajstić information content (AvgIpc) is 3.49. The molecule has 0 saturated carbocycles. The molecule has 0 fully saturated rings. The summed E-state index contributed by atoms with van der Waals surface area (Å²) in [7, 11) is 0. The average molecular weight is 529 g/mol. The van der Waals surface area contributed by atoms with E-state index in [1.165, 1.54) is 0 Å². The zero-order valence-corrected chi connectivity index (χ0v) is 24.0. The second kappa shape index (κ2) is 11.6. The van der Waals surface area contributed by atoms with Gasteiger partial charge in [-0.05, 0) is 56.7 Å². The lowest BCUT2D eigenvalue weighted by Gasteiger charge is -2.27. The second-order valence-corrected chi connectivity index (χ2v) is 10.4. The van der Waals surface area contributed by atoms with E-state index in [-0.39, 0.29) is 11.9 Å². The Morgan fingerprint density at radius 1 is 0.718 bits per heavy atom. The van der Waals surface area contributed by atoms with Gasteiger partial charge in [-0.25, -0.2) is 4.99 Å². The zero-order valence-electron chi connectivity index (χ0n) is 24.0. The summed E-state index contributed by atoms with van der Waals surface area (Å²) in [5, 5.41) is 1.75. The summed E-state index contributed by atoms with van der Waals surface area (Å²) in [6.45, 7) is 12.2. The smallest absolute Gasteiger partial charge is 0.318 e. The molecule has 0 radical (unpaired) electrons. The van der Waals surface area contributed by atoms with Crippen molar-refractivity contribution in [2.75, 3.05) is 0 Å². The van der Waals surface area contributed by atoms with E-state index in [9.17, 15) is 9.59 Å². The number of hydrogen-bond donors (Lipinski definition) is 1. The molecule has 206 valence electrons. The number of rotatable bonds is 10. The Balaban J connectivity index is 1.75. The van der Waals surface area contributed by atoms with Crippen molar-refractivity contribution in [1.29, 1.82) is 0 Å². The molecule has 6 heteroatoms. The van der Waals surface area contributed by atoms with Crippen LogP contribution in [0.1, 0.15) is 96.9 Å². The Hall–Kier alpha value is -3.67. The molecule has 0 atom stereocenters. The molecule has 2 aromatic carbocycles. The standard InChI is InChI=1S/C33H40N2O4/c1-7-32(8-2,9-3)30(36)38-28-24-19-15-13-17-22(24)26(34-28)21-27-23-18-14-16-20-25(23)29(35-27)39-31(37)33(10-4,11-5)12-6/h13-21,34H,7-12H2,1-6H3. The van der Waals surface area contributed by atoms with Crippen molar-refractivity contribution in [2.45, 2.75) is 80.1 Å². The molecule has 3 aromatic rings. The number of aromatic nitrogens is 1. The summed E-state index contributed by atoms with van der Waals surface area (Å²) in [5.41, 5.74) is 2.09. The lowest BCUT2D eigenvalue weighted by atomic mass is 9.80. The van der Waals surface area contributed by atoms with Gasteiger partial charge in [-0.2, -0.15) is 0 Å². The molecule has 1 aliphatic heterocycles. The normalized spacial score (nSPS) is 14.4. The van der Waals surface area contributed by atoms with Gasteiger partial charge in [-0.3, -0.25) is 9.59 Å². The fourth-order valence-electron chi connectivity index (χ4n) is 5.58. The van der Waals surface area contributed by atoms with Gasteiger partial charge in [0.25, 0.3) is 0 Å². The van der Waals surface area contributed by atoms with E-state index < -0.39 is 10.8 Å². The van der Waals surface area contributed by atoms with E-state index in [2.05, 4.69) is 4.98 Å². The largest absolute Gasteiger partial charge is 0.408 e. The monoisotopic (exact) mass is 528 g/mol. The van der Waals surface area contributed by atoms with Crippen LogP contribution < -0.4 is 4.74 Å². The summed E-state index contributed by atoms with van der Waals surface area (Å²) < 4.78 is 12.0. The number of aromatic amines is 1. The Morgan fingerprint density at radius 3 is 1.77 bits per heavy atom. The first-order valence-electron chi connectivity index (χ1n) is 14.3. The molecule has 1 aromatic heterocycles. The van der Waals surface area contributed by atoms with E-state index in [1.54, 1.807) is 0 Å². The van der Waals surface area contributed by atoms with Crippen molar-refractivity contribution < 1.29 is 19.1 Å². The van der Waals surface area contributed by atoms with E-state index >= 15 is 0 Å². The van der Waals surface area contributed by atoms with E-state index in [0.29, 0.717) is 36.7 Å². The molecular weight excluding hydrogens is 488 g/mol. The quantitative estimate of drug-likeness (QED) is 0.268.